The van der Waals surface area contributed by atoms with Crippen molar-refractivity contribution in [2.24, 2.45) is 11.7 Å². The molecule has 0 aliphatic rings. The minimum Gasteiger partial charge on any atom is -0.365 e. The third kappa shape index (κ3) is 3.65. The second kappa shape index (κ2) is 6.66. The Morgan fingerprint density at radius 2 is 2.17 bits per heavy atom. The molecule has 0 radical (unpaired) electrons. The van der Waals surface area contributed by atoms with E-state index in [1.54, 1.807) is 30.0 Å². The fourth-order valence-corrected chi connectivity index (χ4v) is 2.38. The number of primary amides is 1. The minimum absolute atomic E-state index is 0.142. The second-order valence-corrected chi connectivity index (χ2v) is 5.19. The van der Waals surface area contributed by atoms with E-state index in [-0.39, 0.29) is 22.4 Å². The van der Waals surface area contributed by atoms with Crippen LogP contribution in [0.4, 0.5) is 5.69 Å². The van der Waals surface area contributed by atoms with Crippen molar-refractivity contribution in [3.05, 3.63) is 28.8 Å². The minimum atomic E-state index is -0.659. The van der Waals surface area contributed by atoms with E-state index in [1.165, 1.54) is 0 Å². The highest BCUT2D eigenvalue weighted by atomic mass is 35.5. The van der Waals surface area contributed by atoms with Gasteiger partial charge in [-0.15, -0.1) is 0 Å². The molecule has 0 spiro atoms. The molecule has 98 valence electrons. The summed E-state index contributed by atoms with van der Waals surface area (Å²) in [6.45, 7) is 1.82. The van der Waals surface area contributed by atoms with Crippen LogP contribution >= 0.6 is 23.4 Å². The van der Waals surface area contributed by atoms with Crippen LogP contribution in [0.2, 0.25) is 5.02 Å². The number of thioether (sulfide) groups is 1. The van der Waals surface area contributed by atoms with Gasteiger partial charge in [0.1, 0.15) is 0 Å². The van der Waals surface area contributed by atoms with Crippen molar-refractivity contribution in [1.82, 2.24) is 0 Å². The third-order valence-electron chi connectivity index (χ3n) is 2.38. The van der Waals surface area contributed by atoms with Crippen LogP contribution in [0.3, 0.4) is 0 Å². The molecule has 3 N–H and O–H groups in total. The highest BCUT2D eigenvalue weighted by molar-refractivity contribution is 7.98. The Labute approximate surface area is 115 Å². The van der Waals surface area contributed by atoms with Crippen molar-refractivity contribution in [3.63, 3.8) is 0 Å². The Bertz CT molecular complexity index is 465. The van der Waals surface area contributed by atoms with E-state index >= 15 is 0 Å². The highest BCUT2D eigenvalue weighted by Gasteiger charge is 2.17. The van der Waals surface area contributed by atoms with Gasteiger partial charge >= 0.3 is 0 Å². The summed E-state index contributed by atoms with van der Waals surface area (Å²) in [5.41, 5.74) is 5.74. The zero-order chi connectivity index (χ0) is 13.7. The molecular formula is C12H15ClN2O2S. The first-order valence-corrected chi connectivity index (χ1v) is 7.12. The molecule has 0 bridgehead atoms. The fraction of sp³-hybridized carbons (Fsp3) is 0.333. The average molecular weight is 287 g/mol. The first kappa shape index (κ1) is 14.9. The molecule has 1 aromatic carbocycles. The normalized spacial score (nSPS) is 11.9. The van der Waals surface area contributed by atoms with Crippen LogP contribution < -0.4 is 11.1 Å². The standard InChI is InChI=1S/C12H15ClN2O2S/c1-7(6-18-2)12(17)15-9-5-3-4-8(13)10(9)11(14)16/h3-5,7H,6H2,1-2H3,(H2,14,16)(H,15,17)/t7-/m1/s1. The highest BCUT2D eigenvalue weighted by Crippen LogP contribution is 2.24. The summed E-state index contributed by atoms with van der Waals surface area (Å²) in [7, 11) is 0. The molecule has 1 rings (SSSR count). The SMILES string of the molecule is CSC[C@@H](C)C(=O)Nc1cccc(Cl)c1C(N)=O. The predicted octanol–water partition coefficient (Wildman–Crippen LogP) is 2.38. The molecule has 0 fully saturated rings. The number of anilines is 1. The topological polar surface area (TPSA) is 72.2 Å². The van der Waals surface area contributed by atoms with Crippen molar-refractivity contribution in [1.29, 1.82) is 0 Å². The molecule has 0 aliphatic carbocycles. The van der Waals surface area contributed by atoms with Crippen molar-refractivity contribution in [2.75, 3.05) is 17.3 Å². The Hall–Kier alpha value is -1.20. The van der Waals surface area contributed by atoms with Gasteiger partial charge < -0.3 is 11.1 Å². The van der Waals surface area contributed by atoms with Gasteiger partial charge in [-0.25, -0.2) is 0 Å². The Morgan fingerprint density at radius 3 is 2.72 bits per heavy atom. The molecule has 0 saturated heterocycles. The van der Waals surface area contributed by atoms with Crippen LogP contribution in [0, 0.1) is 5.92 Å². The molecule has 0 unspecified atom stereocenters. The zero-order valence-corrected chi connectivity index (χ0v) is 11.8. The van der Waals surface area contributed by atoms with Crippen LogP contribution in [-0.4, -0.2) is 23.8 Å². The van der Waals surface area contributed by atoms with E-state index in [9.17, 15) is 9.59 Å². The van der Waals surface area contributed by atoms with E-state index in [2.05, 4.69) is 5.32 Å². The summed E-state index contributed by atoms with van der Waals surface area (Å²) in [4.78, 5) is 23.2. The van der Waals surface area contributed by atoms with Gasteiger partial charge in [0.05, 0.1) is 16.3 Å². The average Bonchev–Trinajstić information content (AvgIpc) is 2.28. The smallest absolute Gasteiger partial charge is 0.252 e. The number of amides is 2. The molecule has 1 atom stereocenters. The van der Waals surface area contributed by atoms with Crippen molar-refractivity contribution < 1.29 is 9.59 Å². The summed E-state index contributed by atoms with van der Waals surface area (Å²) in [5.74, 6) is -0.263. The number of benzene rings is 1. The lowest BCUT2D eigenvalue weighted by atomic mass is 10.1. The Morgan fingerprint density at radius 1 is 1.50 bits per heavy atom. The van der Waals surface area contributed by atoms with Crippen molar-refractivity contribution >= 4 is 40.9 Å². The maximum atomic E-state index is 11.9. The maximum Gasteiger partial charge on any atom is 0.252 e. The van der Waals surface area contributed by atoms with Gasteiger partial charge in [-0.1, -0.05) is 24.6 Å². The number of carbonyl (C=O) groups excluding carboxylic acids is 2. The number of halogens is 1. The van der Waals surface area contributed by atoms with Gasteiger partial charge in [-0.3, -0.25) is 9.59 Å². The number of hydrogen-bond acceptors (Lipinski definition) is 3. The van der Waals surface area contributed by atoms with E-state index in [0.717, 1.165) is 0 Å². The lowest BCUT2D eigenvalue weighted by molar-refractivity contribution is -0.118. The fourth-order valence-electron chi connectivity index (χ4n) is 1.46. The lowest BCUT2D eigenvalue weighted by Gasteiger charge is -2.13. The van der Waals surface area contributed by atoms with E-state index in [4.69, 9.17) is 17.3 Å². The molecule has 0 heterocycles. The first-order valence-electron chi connectivity index (χ1n) is 5.35. The molecule has 6 heteroatoms. The zero-order valence-electron chi connectivity index (χ0n) is 10.2. The lowest BCUT2D eigenvalue weighted by Crippen LogP contribution is -2.24. The van der Waals surface area contributed by atoms with Gasteiger partial charge in [0.15, 0.2) is 0 Å². The Balaban J connectivity index is 2.94. The number of nitrogens with two attached hydrogens (primary N) is 1. The summed E-state index contributed by atoms with van der Waals surface area (Å²) >= 11 is 7.48. The van der Waals surface area contributed by atoms with Crippen molar-refractivity contribution in [2.45, 2.75) is 6.92 Å². The van der Waals surface area contributed by atoms with Crippen LogP contribution in [0.5, 0.6) is 0 Å². The van der Waals surface area contributed by atoms with Gasteiger partial charge in [0.25, 0.3) is 5.91 Å². The summed E-state index contributed by atoms with van der Waals surface area (Å²) in [5, 5.41) is 2.91. The monoisotopic (exact) mass is 286 g/mol. The number of carbonyl (C=O) groups is 2. The van der Waals surface area contributed by atoms with Crippen LogP contribution in [0.1, 0.15) is 17.3 Å². The number of nitrogens with one attached hydrogen (secondary N) is 1. The summed E-state index contributed by atoms with van der Waals surface area (Å²) in [6.07, 6.45) is 1.93. The number of hydrogen-bond donors (Lipinski definition) is 2. The molecule has 18 heavy (non-hydrogen) atoms. The maximum absolute atomic E-state index is 11.9. The third-order valence-corrected chi connectivity index (χ3v) is 3.53. The van der Waals surface area contributed by atoms with E-state index in [1.807, 2.05) is 13.2 Å². The molecule has 0 aromatic heterocycles. The molecule has 0 saturated carbocycles. The summed E-state index contributed by atoms with van der Waals surface area (Å²) < 4.78 is 0. The van der Waals surface area contributed by atoms with Gasteiger partial charge in [0.2, 0.25) is 5.91 Å². The van der Waals surface area contributed by atoms with Gasteiger partial charge in [-0.05, 0) is 18.4 Å². The summed E-state index contributed by atoms with van der Waals surface area (Å²) in [6, 6.07) is 4.82. The molecule has 1 aromatic rings. The van der Waals surface area contributed by atoms with Crippen molar-refractivity contribution in [3.8, 4) is 0 Å². The quantitative estimate of drug-likeness (QED) is 0.873. The van der Waals surface area contributed by atoms with Gasteiger partial charge in [0, 0.05) is 11.7 Å². The molecule has 0 aliphatic heterocycles. The Kier molecular flexibility index (Phi) is 5.50. The molecule has 4 nitrogen and oxygen atoms in total. The largest absolute Gasteiger partial charge is 0.365 e. The molecular weight excluding hydrogens is 272 g/mol. The van der Waals surface area contributed by atoms with Crippen LogP contribution in [0.25, 0.3) is 0 Å². The van der Waals surface area contributed by atoms with Crippen LogP contribution in [-0.2, 0) is 4.79 Å². The predicted molar refractivity (Wildman–Crippen MR) is 76.1 cm³/mol. The molecule has 2 amide bonds. The van der Waals surface area contributed by atoms with Crippen LogP contribution in [0.15, 0.2) is 18.2 Å². The van der Waals surface area contributed by atoms with E-state index < -0.39 is 5.91 Å². The number of rotatable bonds is 5. The first-order chi connectivity index (χ1) is 8.47. The second-order valence-electron chi connectivity index (χ2n) is 3.87. The van der Waals surface area contributed by atoms with E-state index in [0.29, 0.717) is 11.4 Å². The van der Waals surface area contributed by atoms with Gasteiger partial charge in [-0.2, -0.15) is 11.8 Å².